The third-order valence-electron chi connectivity index (χ3n) is 3.69. The summed E-state index contributed by atoms with van der Waals surface area (Å²) in [5.41, 5.74) is 1.81. The maximum atomic E-state index is 12.4. The predicted octanol–water partition coefficient (Wildman–Crippen LogP) is 2.58. The van der Waals surface area contributed by atoms with Gasteiger partial charge in [-0.15, -0.1) is 0 Å². The number of rotatable bonds is 5. The standard InChI is InChI=1S/C15H23NO3S/c1-11(2)13-7-6-12(3)15(9-13)20(17,18)16-10-14-5-4-8-19-14/h6-7,9,11,14,16H,4-5,8,10H2,1-3H3. The van der Waals surface area contributed by atoms with Crippen LogP contribution in [-0.4, -0.2) is 27.7 Å². The first-order valence-corrected chi connectivity index (χ1v) is 8.60. The van der Waals surface area contributed by atoms with Gasteiger partial charge in [0.1, 0.15) is 0 Å². The van der Waals surface area contributed by atoms with Gasteiger partial charge in [-0.1, -0.05) is 26.0 Å². The first-order valence-electron chi connectivity index (χ1n) is 7.12. The minimum absolute atomic E-state index is 0.0124. The fourth-order valence-corrected chi connectivity index (χ4v) is 3.70. The van der Waals surface area contributed by atoms with E-state index in [1.807, 2.05) is 19.1 Å². The van der Waals surface area contributed by atoms with E-state index in [9.17, 15) is 8.42 Å². The highest BCUT2D eigenvalue weighted by molar-refractivity contribution is 7.89. The molecule has 1 aliphatic rings. The fourth-order valence-electron chi connectivity index (χ4n) is 2.35. The highest BCUT2D eigenvalue weighted by atomic mass is 32.2. The second kappa shape index (κ2) is 6.24. The van der Waals surface area contributed by atoms with E-state index in [1.54, 1.807) is 6.07 Å². The Morgan fingerprint density at radius 2 is 2.15 bits per heavy atom. The highest BCUT2D eigenvalue weighted by Gasteiger charge is 2.22. The molecule has 5 heteroatoms. The van der Waals surface area contributed by atoms with Gasteiger partial charge in [0.2, 0.25) is 10.0 Å². The van der Waals surface area contributed by atoms with Gasteiger partial charge in [0, 0.05) is 13.2 Å². The highest BCUT2D eigenvalue weighted by Crippen LogP contribution is 2.22. The van der Waals surface area contributed by atoms with Gasteiger partial charge >= 0.3 is 0 Å². The van der Waals surface area contributed by atoms with Crippen molar-refractivity contribution in [1.29, 1.82) is 0 Å². The number of aryl methyl sites for hydroxylation is 1. The topological polar surface area (TPSA) is 55.4 Å². The number of ether oxygens (including phenoxy) is 1. The van der Waals surface area contributed by atoms with Gasteiger partial charge in [-0.2, -0.15) is 0 Å². The van der Waals surface area contributed by atoms with Crippen LogP contribution in [-0.2, 0) is 14.8 Å². The summed E-state index contributed by atoms with van der Waals surface area (Å²) in [4.78, 5) is 0.377. The van der Waals surface area contributed by atoms with Gasteiger partial charge in [-0.25, -0.2) is 13.1 Å². The van der Waals surface area contributed by atoms with Crippen molar-refractivity contribution in [3.05, 3.63) is 29.3 Å². The summed E-state index contributed by atoms with van der Waals surface area (Å²) in [7, 11) is -3.46. The van der Waals surface area contributed by atoms with Crippen LogP contribution in [0.2, 0.25) is 0 Å². The molecule has 1 atom stereocenters. The summed E-state index contributed by atoms with van der Waals surface area (Å²) in [6, 6.07) is 5.63. The van der Waals surface area contributed by atoms with Crippen molar-refractivity contribution in [3.8, 4) is 0 Å². The van der Waals surface area contributed by atoms with Crippen LogP contribution in [0.4, 0.5) is 0 Å². The Morgan fingerprint density at radius 1 is 1.40 bits per heavy atom. The lowest BCUT2D eigenvalue weighted by Gasteiger charge is -2.14. The van der Waals surface area contributed by atoms with E-state index in [4.69, 9.17) is 4.74 Å². The zero-order valence-electron chi connectivity index (χ0n) is 12.3. The summed E-state index contributed by atoms with van der Waals surface area (Å²) in [5, 5.41) is 0. The molecule has 0 bridgehead atoms. The molecule has 1 saturated heterocycles. The largest absolute Gasteiger partial charge is 0.377 e. The lowest BCUT2D eigenvalue weighted by Crippen LogP contribution is -2.32. The van der Waals surface area contributed by atoms with Crippen molar-refractivity contribution < 1.29 is 13.2 Å². The Morgan fingerprint density at radius 3 is 2.75 bits per heavy atom. The molecule has 0 aromatic heterocycles. The fraction of sp³-hybridized carbons (Fsp3) is 0.600. The second-order valence-electron chi connectivity index (χ2n) is 5.67. The minimum atomic E-state index is -3.46. The molecule has 0 amide bonds. The number of hydrogen-bond acceptors (Lipinski definition) is 3. The van der Waals surface area contributed by atoms with Crippen molar-refractivity contribution >= 4 is 10.0 Å². The van der Waals surface area contributed by atoms with Crippen molar-refractivity contribution in [3.63, 3.8) is 0 Å². The zero-order chi connectivity index (χ0) is 14.8. The summed E-state index contributed by atoms with van der Waals surface area (Å²) >= 11 is 0. The molecule has 1 unspecified atom stereocenters. The SMILES string of the molecule is Cc1ccc(C(C)C)cc1S(=O)(=O)NCC1CCCO1. The molecule has 1 aromatic rings. The smallest absolute Gasteiger partial charge is 0.240 e. The third kappa shape index (κ3) is 3.59. The average Bonchev–Trinajstić information content (AvgIpc) is 2.89. The van der Waals surface area contributed by atoms with Crippen LogP contribution in [0.1, 0.15) is 43.7 Å². The molecule has 0 aliphatic carbocycles. The maximum absolute atomic E-state index is 12.4. The normalized spacial score (nSPS) is 19.7. The molecule has 4 nitrogen and oxygen atoms in total. The molecule has 1 aliphatic heterocycles. The van der Waals surface area contributed by atoms with E-state index in [2.05, 4.69) is 18.6 Å². The number of hydrogen-bond donors (Lipinski definition) is 1. The van der Waals surface area contributed by atoms with Gasteiger partial charge in [0.15, 0.2) is 0 Å². The molecule has 2 rings (SSSR count). The second-order valence-corrected chi connectivity index (χ2v) is 7.40. The Hall–Kier alpha value is -0.910. The Balaban J connectivity index is 2.17. The van der Waals surface area contributed by atoms with Crippen LogP contribution in [0.5, 0.6) is 0 Å². The summed E-state index contributed by atoms with van der Waals surface area (Å²) < 4.78 is 33.0. The summed E-state index contributed by atoms with van der Waals surface area (Å²) in [6.45, 7) is 7.02. The summed E-state index contributed by atoms with van der Waals surface area (Å²) in [5.74, 6) is 0.308. The van der Waals surface area contributed by atoms with Crippen molar-refractivity contribution in [2.24, 2.45) is 0 Å². The van der Waals surface area contributed by atoms with Crippen LogP contribution in [0, 0.1) is 6.92 Å². The number of sulfonamides is 1. The Labute approximate surface area is 121 Å². The van der Waals surface area contributed by atoms with Crippen LogP contribution in [0.3, 0.4) is 0 Å². The molecule has 1 N–H and O–H groups in total. The van der Waals surface area contributed by atoms with Gasteiger partial charge in [0.05, 0.1) is 11.0 Å². The lowest BCUT2D eigenvalue weighted by atomic mass is 10.0. The average molecular weight is 297 g/mol. The molecule has 0 radical (unpaired) electrons. The molecule has 0 spiro atoms. The van der Waals surface area contributed by atoms with Crippen molar-refractivity contribution in [1.82, 2.24) is 4.72 Å². The number of nitrogens with one attached hydrogen (secondary N) is 1. The molecule has 112 valence electrons. The van der Waals surface area contributed by atoms with Gasteiger partial charge in [-0.3, -0.25) is 0 Å². The van der Waals surface area contributed by atoms with Crippen LogP contribution in [0.15, 0.2) is 23.1 Å². The first kappa shape index (κ1) is 15.5. The van der Waals surface area contributed by atoms with Crippen LogP contribution >= 0.6 is 0 Å². The Kier molecular flexibility index (Phi) is 4.83. The lowest BCUT2D eigenvalue weighted by molar-refractivity contribution is 0.114. The Bertz CT molecular complexity index is 560. The van der Waals surface area contributed by atoms with E-state index < -0.39 is 10.0 Å². The molecule has 0 saturated carbocycles. The van der Waals surface area contributed by atoms with E-state index in [1.165, 1.54) is 0 Å². The van der Waals surface area contributed by atoms with Crippen molar-refractivity contribution in [2.75, 3.05) is 13.2 Å². The molecular weight excluding hydrogens is 274 g/mol. The van der Waals surface area contributed by atoms with E-state index >= 15 is 0 Å². The quantitative estimate of drug-likeness (QED) is 0.909. The first-order chi connectivity index (χ1) is 9.40. The van der Waals surface area contributed by atoms with E-state index in [0.717, 1.165) is 30.6 Å². The summed E-state index contributed by atoms with van der Waals surface area (Å²) in [6.07, 6.45) is 1.94. The van der Waals surface area contributed by atoms with Crippen molar-refractivity contribution in [2.45, 2.75) is 50.5 Å². The van der Waals surface area contributed by atoms with Gasteiger partial charge < -0.3 is 4.74 Å². The van der Waals surface area contributed by atoms with Crippen LogP contribution < -0.4 is 4.72 Å². The monoisotopic (exact) mass is 297 g/mol. The maximum Gasteiger partial charge on any atom is 0.240 e. The van der Waals surface area contributed by atoms with Gasteiger partial charge in [0.25, 0.3) is 0 Å². The molecule has 20 heavy (non-hydrogen) atoms. The minimum Gasteiger partial charge on any atom is -0.377 e. The van der Waals surface area contributed by atoms with Gasteiger partial charge in [-0.05, 0) is 42.9 Å². The molecule has 1 aromatic carbocycles. The zero-order valence-corrected chi connectivity index (χ0v) is 13.2. The van der Waals surface area contributed by atoms with E-state index in [0.29, 0.717) is 17.4 Å². The predicted molar refractivity (Wildman–Crippen MR) is 79.4 cm³/mol. The van der Waals surface area contributed by atoms with E-state index in [-0.39, 0.29) is 6.10 Å². The van der Waals surface area contributed by atoms with Crippen LogP contribution in [0.25, 0.3) is 0 Å². The third-order valence-corrected chi connectivity index (χ3v) is 5.26. The molecule has 1 fully saturated rings. The number of benzene rings is 1. The molecule has 1 heterocycles. The molecular formula is C15H23NO3S.